The van der Waals surface area contributed by atoms with Gasteiger partial charge in [-0.1, -0.05) is 31.5 Å². The molecule has 0 unspecified atom stereocenters. The monoisotopic (exact) mass is 333 g/mol. The average molecular weight is 334 g/mol. The Bertz CT molecular complexity index is 570. The summed E-state index contributed by atoms with van der Waals surface area (Å²) >= 11 is 6.14. The van der Waals surface area contributed by atoms with Crippen LogP contribution < -0.4 is 5.32 Å². The quantitative estimate of drug-likeness (QED) is 0.794. The molecule has 1 N–H and O–H groups in total. The predicted octanol–water partition coefficient (Wildman–Crippen LogP) is 2.90. The van der Waals surface area contributed by atoms with Gasteiger partial charge in [0.15, 0.2) is 9.84 Å². The second-order valence-corrected chi connectivity index (χ2v) is 8.39. The summed E-state index contributed by atoms with van der Waals surface area (Å²) in [6.07, 6.45) is 2.13. The van der Waals surface area contributed by atoms with E-state index in [0.29, 0.717) is 23.7 Å². The fourth-order valence-electron chi connectivity index (χ4n) is 2.05. The van der Waals surface area contributed by atoms with E-state index in [9.17, 15) is 8.42 Å². The lowest BCUT2D eigenvalue weighted by Crippen LogP contribution is -2.30. The van der Waals surface area contributed by atoms with Gasteiger partial charge in [-0.25, -0.2) is 8.42 Å². The summed E-state index contributed by atoms with van der Waals surface area (Å²) in [5.74, 6) is 0. The maximum absolute atomic E-state index is 11.8. The number of rotatable bonds is 8. The van der Waals surface area contributed by atoms with Crippen molar-refractivity contribution in [3.05, 3.63) is 28.8 Å². The first kappa shape index (κ1) is 18.4. The molecule has 0 spiro atoms. The Labute approximate surface area is 132 Å². The second kappa shape index (κ2) is 7.58. The van der Waals surface area contributed by atoms with E-state index in [-0.39, 0.29) is 10.3 Å². The molecule has 0 radical (unpaired) electrons. The molecule has 21 heavy (non-hydrogen) atoms. The highest BCUT2D eigenvalue weighted by atomic mass is 35.5. The van der Waals surface area contributed by atoms with E-state index in [0.717, 1.165) is 13.0 Å². The minimum absolute atomic E-state index is 0.0719. The predicted molar refractivity (Wildman–Crippen MR) is 86.5 cm³/mol. The van der Waals surface area contributed by atoms with Gasteiger partial charge >= 0.3 is 0 Å². The van der Waals surface area contributed by atoms with Gasteiger partial charge in [0.25, 0.3) is 0 Å². The molecular formula is C15H24ClNO3S. The molecular weight excluding hydrogens is 310 g/mol. The van der Waals surface area contributed by atoms with E-state index < -0.39 is 9.84 Å². The molecule has 0 aliphatic rings. The van der Waals surface area contributed by atoms with Crippen molar-refractivity contribution in [1.29, 1.82) is 0 Å². The molecule has 0 saturated carbocycles. The summed E-state index contributed by atoms with van der Waals surface area (Å²) in [4.78, 5) is 0.289. The van der Waals surface area contributed by atoms with E-state index in [1.165, 1.54) is 6.26 Å². The molecule has 0 amide bonds. The average Bonchev–Trinajstić information content (AvgIpc) is 2.37. The fraction of sp³-hybridized carbons (Fsp3) is 0.600. The zero-order valence-corrected chi connectivity index (χ0v) is 14.6. The lowest BCUT2D eigenvalue weighted by Gasteiger charge is -2.25. The molecule has 0 bridgehead atoms. The van der Waals surface area contributed by atoms with Gasteiger partial charge < -0.3 is 10.1 Å². The van der Waals surface area contributed by atoms with Crippen LogP contribution in [-0.4, -0.2) is 34.9 Å². The summed E-state index contributed by atoms with van der Waals surface area (Å²) in [5.41, 5.74) is 0.701. The molecule has 0 aromatic heterocycles. The zero-order valence-electron chi connectivity index (χ0n) is 13.1. The maximum Gasteiger partial charge on any atom is 0.175 e. The Morgan fingerprint density at radius 3 is 2.57 bits per heavy atom. The van der Waals surface area contributed by atoms with Crippen LogP contribution in [0.2, 0.25) is 5.02 Å². The number of benzene rings is 1. The van der Waals surface area contributed by atoms with Gasteiger partial charge in [-0.3, -0.25) is 0 Å². The van der Waals surface area contributed by atoms with Crippen molar-refractivity contribution in [2.45, 2.75) is 31.7 Å². The van der Waals surface area contributed by atoms with Gasteiger partial charge in [0, 0.05) is 43.6 Å². The van der Waals surface area contributed by atoms with Crippen LogP contribution in [0.1, 0.15) is 25.8 Å². The van der Waals surface area contributed by atoms with Crippen LogP contribution in [0.5, 0.6) is 0 Å². The molecule has 6 heteroatoms. The highest BCUT2D eigenvalue weighted by Gasteiger charge is 2.19. The summed E-state index contributed by atoms with van der Waals surface area (Å²) in [5, 5.41) is 3.77. The first-order chi connectivity index (χ1) is 9.67. The summed E-state index contributed by atoms with van der Waals surface area (Å²) < 4.78 is 28.7. The van der Waals surface area contributed by atoms with E-state index in [1.807, 2.05) is 0 Å². The van der Waals surface area contributed by atoms with E-state index in [2.05, 4.69) is 19.2 Å². The topological polar surface area (TPSA) is 55.4 Å². The molecule has 0 heterocycles. The summed E-state index contributed by atoms with van der Waals surface area (Å²) in [6.45, 7) is 6.17. The Morgan fingerprint density at radius 2 is 2.00 bits per heavy atom. The first-order valence-corrected chi connectivity index (χ1v) is 9.11. The number of halogens is 1. The van der Waals surface area contributed by atoms with Gasteiger partial charge in [0.1, 0.15) is 0 Å². The minimum Gasteiger partial charge on any atom is -0.385 e. The van der Waals surface area contributed by atoms with Crippen molar-refractivity contribution in [3.63, 3.8) is 0 Å². The minimum atomic E-state index is -3.28. The third kappa shape index (κ3) is 5.94. The first-order valence-electron chi connectivity index (χ1n) is 6.84. The van der Waals surface area contributed by atoms with Crippen molar-refractivity contribution in [1.82, 2.24) is 5.32 Å². The van der Waals surface area contributed by atoms with Gasteiger partial charge in [0.2, 0.25) is 0 Å². The number of nitrogens with one attached hydrogen (secondary N) is 1. The fourth-order valence-corrected chi connectivity index (χ4v) is 3.30. The normalized spacial score (nSPS) is 12.6. The standard InChI is InChI=1S/C15H24ClNO3S/c1-15(2,8-9-20-3)11-17-10-12-13(16)6-5-7-14(12)21(4,18)19/h5-7,17H,8-11H2,1-4H3. The Morgan fingerprint density at radius 1 is 1.33 bits per heavy atom. The Kier molecular flexibility index (Phi) is 6.66. The molecule has 0 aliphatic heterocycles. The third-order valence-electron chi connectivity index (χ3n) is 3.36. The maximum atomic E-state index is 11.8. The Hall–Kier alpha value is -0.620. The van der Waals surface area contributed by atoms with Crippen LogP contribution in [0.15, 0.2) is 23.1 Å². The number of ether oxygens (including phenoxy) is 1. The molecule has 1 aromatic rings. The van der Waals surface area contributed by atoms with Gasteiger partial charge in [-0.2, -0.15) is 0 Å². The second-order valence-electron chi connectivity index (χ2n) is 6.00. The lowest BCUT2D eigenvalue weighted by molar-refractivity contribution is 0.150. The Balaban J connectivity index is 2.77. The van der Waals surface area contributed by atoms with Crippen LogP contribution in [0.3, 0.4) is 0 Å². The van der Waals surface area contributed by atoms with Crippen molar-refractivity contribution in [2.75, 3.05) is 26.5 Å². The molecule has 120 valence electrons. The van der Waals surface area contributed by atoms with Crippen LogP contribution in [0.25, 0.3) is 0 Å². The highest BCUT2D eigenvalue weighted by Crippen LogP contribution is 2.25. The number of methoxy groups -OCH3 is 1. The summed E-state index contributed by atoms with van der Waals surface area (Å²) in [7, 11) is -1.59. The van der Waals surface area contributed by atoms with Gasteiger partial charge in [0.05, 0.1) is 4.90 Å². The van der Waals surface area contributed by atoms with Crippen molar-refractivity contribution >= 4 is 21.4 Å². The molecule has 0 fully saturated rings. The largest absolute Gasteiger partial charge is 0.385 e. The third-order valence-corrected chi connectivity index (χ3v) is 4.90. The molecule has 1 rings (SSSR count). The number of hydrogen-bond donors (Lipinski definition) is 1. The van der Waals surface area contributed by atoms with Crippen molar-refractivity contribution < 1.29 is 13.2 Å². The molecule has 0 aliphatic carbocycles. The number of sulfone groups is 1. The van der Waals surface area contributed by atoms with E-state index in [4.69, 9.17) is 16.3 Å². The highest BCUT2D eigenvalue weighted by molar-refractivity contribution is 7.90. The lowest BCUT2D eigenvalue weighted by atomic mass is 9.89. The molecule has 0 atom stereocenters. The van der Waals surface area contributed by atoms with E-state index in [1.54, 1.807) is 25.3 Å². The molecule has 1 aromatic carbocycles. The SMILES string of the molecule is COCCC(C)(C)CNCc1c(Cl)cccc1S(C)(=O)=O. The van der Waals surface area contributed by atoms with Crippen LogP contribution in [0, 0.1) is 5.41 Å². The number of hydrogen-bond acceptors (Lipinski definition) is 4. The smallest absolute Gasteiger partial charge is 0.175 e. The van der Waals surface area contributed by atoms with E-state index >= 15 is 0 Å². The van der Waals surface area contributed by atoms with Crippen LogP contribution >= 0.6 is 11.6 Å². The van der Waals surface area contributed by atoms with Gasteiger partial charge in [-0.15, -0.1) is 0 Å². The van der Waals surface area contributed by atoms with Crippen LogP contribution in [0.4, 0.5) is 0 Å². The summed E-state index contributed by atoms with van der Waals surface area (Å²) in [6, 6.07) is 4.96. The van der Waals surface area contributed by atoms with Crippen LogP contribution in [-0.2, 0) is 21.1 Å². The van der Waals surface area contributed by atoms with Crippen molar-refractivity contribution in [3.8, 4) is 0 Å². The zero-order chi connectivity index (χ0) is 16.1. The molecule has 4 nitrogen and oxygen atoms in total. The van der Waals surface area contributed by atoms with Gasteiger partial charge in [-0.05, 0) is 24.0 Å². The molecule has 0 saturated heterocycles. The van der Waals surface area contributed by atoms with Crippen molar-refractivity contribution in [2.24, 2.45) is 5.41 Å².